The molecule has 0 bridgehead atoms. The Balaban J connectivity index is 1.47. The zero-order valence-corrected chi connectivity index (χ0v) is 14.1. The van der Waals surface area contributed by atoms with Crippen LogP contribution < -0.4 is 4.90 Å². The van der Waals surface area contributed by atoms with Crippen LogP contribution in [0.25, 0.3) is 0 Å². The summed E-state index contributed by atoms with van der Waals surface area (Å²) in [6, 6.07) is 8.23. The van der Waals surface area contributed by atoms with Gasteiger partial charge in [0.1, 0.15) is 5.82 Å². The fourth-order valence-corrected chi connectivity index (χ4v) is 3.79. The van der Waals surface area contributed by atoms with Gasteiger partial charge in [-0.15, -0.1) is 0 Å². The Morgan fingerprint density at radius 3 is 2.20 bits per heavy atom. The van der Waals surface area contributed by atoms with Crippen molar-refractivity contribution in [1.82, 2.24) is 14.9 Å². The molecule has 2 aliphatic rings. The van der Waals surface area contributed by atoms with E-state index in [0.29, 0.717) is 19.0 Å². The minimum Gasteiger partial charge on any atom is -0.338 e. The van der Waals surface area contributed by atoms with Crippen LogP contribution in [0.1, 0.15) is 24.8 Å². The lowest BCUT2D eigenvalue weighted by Crippen LogP contribution is -2.57. The normalized spacial score (nSPS) is 19.4. The van der Waals surface area contributed by atoms with E-state index in [-0.39, 0.29) is 11.7 Å². The summed E-state index contributed by atoms with van der Waals surface area (Å²) in [5.41, 5.74) is 0.484. The Kier molecular flexibility index (Phi) is 4.11. The molecule has 2 heterocycles. The van der Waals surface area contributed by atoms with Crippen molar-refractivity contribution in [3.05, 3.63) is 54.1 Å². The van der Waals surface area contributed by atoms with Crippen LogP contribution in [-0.4, -0.2) is 47.0 Å². The van der Waals surface area contributed by atoms with Gasteiger partial charge in [0.05, 0.1) is 5.41 Å². The molecule has 1 aromatic carbocycles. The largest absolute Gasteiger partial charge is 0.338 e. The topological polar surface area (TPSA) is 49.3 Å². The van der Waals surface area contributed by atoms with Crippen LogP contribution in [0, 0.1) is 5.82 Å². The molecule has 1 amide bonds. The van der Waals surface area contributed by atoms with Crippen LogP contribution in [0.3, 0.4) is 0 Å². The highest BCUT2D eigenvalue weighted by molar-refractivity contribution is 5.89. The lowest BCUT2D eigenvalue weighted by Gasteiger charge is -2.46. The molecule has 4 rings (SSSR count). The van der Waals surface area contributed by atoms with Crippen molar-refractivity contribution in [1.29, 1.82) is 0 Å². The summed E-state index contributed by atoms with van der Waals surface area (Å²) >= 11 is 0. The third kappa shape index (κ3) is 2.86. The van der Waals surface area contributed by atoms with Crippen LogP contribution in [0.15, 0.2) is 42.7 Å². The molecule has 0 unspecified atom stereocenters. The standard InChI is InChI=1S/C19H21FN4O/c20-16-5-3-15(4-6-16)19(7-1-8-19)17(25)23-11-13-24(14-12-23)18-21-9-2-10-22-18/h2-6,9-10H,1,7-8,11-14H2. The van der Waals surface area contributed by atoms with Crippen LogP contribution >= 0.6 is 0 Å². The zero-order chi connectivity index (χ0) is 17.3. The highest BCUT2D eigenvalue weighted by Gasteiger charge is 2.48. The number of piperazine rings is 1. The lowest BCUT2D eigenvalue weighted by atomic mass is 9.63. The van der Waals surface area contributed by atoms with Crippen molar-refractivity contribution >= 4 is 11.9 Å². The number of amides is 1. The Morgan fingerprint density at radius 1 is 1.00 bits per heavy atom. The van der Waals surface area contributed by atoms with E-state index in [1.54, 1.807) is 30.6 Å². The fraction of sp³-hybridized carbons (Fsp3) is 0.421. The van der Waals surface area contributed by atoms with E-state index in [4.69, 9.17) is 0 Å². The molecule has 0 radical (unpaired) electrons. The number of hydrogen-bond acceptors (Lipinski definition) is 4. The monoisotopic (exact) mass is 340 g/mol. The van der Waals surface area contributed by atoms with Crippen LogP contribution in [0.5, 0.6) is 0 Å². The molecule has 2 fully saturated rings. The summed E-state index contributed by atoms with van der Waals surface area (Å²) in [5, 5.41) is 0. The van der Waals surface area contributed by atoms with Crippen LogP contribution in [0.4, 0.5) is 10.3 Å². The summed E-state index contributed by atoms with van der Waals surface area (Å²) in [6.07, 6.45) is 6.20. The molecule has 1 saturated heterocycles. The second kappa shape index (κ2) is 6.43. The molecule has 1 aliphatic heterocycles. The highest BCUT2D eigenvalue weighted by Crippen LogP contribution is 2.45. The fourth-order valence-electron chi connectivity index (χ4n) is 3.79. The second-order valence-electron chi connectivity index (χ2n) is 6.77. The molecular formula is C19H21FN4O. The number of anilines is 1. The van der Waals surface area contributed by atoms with Gasteiger partial charge in [0.15, 0.2) is 0 Å². The van der Waals surface area contributed by atoms with E-state index in [0.717, 1.165) is 37.9 Å². The highest BCUT2D eigenvalue weighted by atomic mass is 19.1. The molecule has 5 nitrogen and oxygen atoms in total. The van der Waals surface area contributed by atoms with E-state index >= 15 is 0 Å². The number of carbonyl (C=O) groups excluding carboxylic acids is 1. The minimum atomic E-state index is -0.459. The Morgan fingerprint density at radius 2 is 1.64 bits per heavy atom. The summed E-state index contributed by atoms with van der Waals surface area (Å²) < 4.78 is 13.2. The van der Waals surface area contributed by atoms with Gasteiger partial charge in [-0.05, 0) is 36.6 Å². The molecule has 25 heavy (non-hydrogen) atoms. The molecule has 130 valence electrons. The maximum atomic E-state index is 13.2. The van der Waals surface area contributed by atoms with Crippen LogP contribution in [0.2, 0.25) is 0 Å². The number of aromatic nitrogens is 2. The first-order valence-electron chi connectivity index (χ1n) is 8.76. The number of halogens is 1. The van der Waals surface area contributed by atoms with Crippen molar-refractivity contribution in [3.63, 3.8) is 0 Å². The number of carbonyl (C=O) groups is 1. The second-order valence-corrected chi connectivity index (χ2v) is 6.77. The van der Waals surface area contributed by atoms with Crippen LogP contribution in [-0.2, 0) is 10.2 Å². The van der Waals surface area contributed by atoms with Crippen molar-refractivity contribution < 1.29 is 9.18 Å². The molecule has 2 aromatic rings. The van der Waals surface area contributed by atoms with Gasteiger partial charge in [0.2, 0.25) is 11.9 Å². The van der Waals surface area contributed by atoms with E-state index < -0.39 is 5.41 Å². The summed E-state index contributed by atoms with van der Waals surface area (Å²) in [6.45, 7) is 2.80. The molecular weight excluding hydrogens is 319 g/mol. The van der Waals surface area contributed by atoms with Gasteiger partial charge in [0.25, 0.3) is 0 Å². The van der Waals surface area contributed by atoms with E-state index in [2.05, 4.69) is 14.9 Å². The molecule has 6 heteroatoms. The Hall–Kier alpha value is -2.50. The molecule has 1 aliphatic carbocycles. The maximum absolute atomic E-state index is 13.2. The van der Waals surface area contributed by atoms with Gasteiger partial charge in [-0.1, -0.05) is 18.6 Å². The predicted molar refractivity (Wildman–Crippen MR) is 92.8 cm³/mol. The SMILES string of the molecule is O=C(N1CCN(c2ncccn2)CC1)C1(c2ccc(F)cc2)CCC1. The van der Waals surface area contributed by atoms with Gasteiger partial charge < -0.3 is 9.80 Å². The molecule has 1 aromatic heterocycles. The summed E-state index contributed by atoms with van der Waals surface area (Å²) in [7, 11) is 0. The first-order valence-corrected chi connectivity index (χ1v) is 8.76. The molecule has 1 saturated carbocycles. The third-order valence-electron chi connectivity index (χ3n) is 5.42. The summed E-state index contributed by atoms with van der Waals surface area (Å²) in [4.78, 5) is 25.8. The number of hydrogen-bond donors (Lipinski definition) is 0. The summed E-state index contributed by atoms with van der Waals surface area (Å²) in [5.74, 6) is 0.632. The predicted octanol–water partition coefficient (Wildman–Crippen LogP) is 2.39. The maximum Gasteiger partial charge on any atom is 0.233 e. The van der Waals surface area contributed by atoms with Crippen molar-refractivity contribution in [2.24, 2.45) is 0 Å². The van der Waals surface area contributed by atoms with Gasteiger partial charge >= 0.3 is 0 Å². The average Bonchev–Trinajstić information content (AvgIpc) is 2.63. The number of rotatable bonds is 3. The quantitative estimate of drug-likeness (QED) is 0.861. The first-order chi connectivity index (χ1) is 12.2. The van der Waals surface area contributed by atoms with E-state index in [9.17, 15) is 9.18 Å². The van der Waals surface area contributed by atoms with Crippen molar-refractivity contribution in [3.8, 4) is 0 Å². The van der Waals surface area contributed by atoms with Gasteiger partial charge in [-0.2, -0.15) is 0 Å². The molecule has 0 atom stereocenters. The van der Waals surface area contributed by atoms with Crippen molar-refractivity contribution in [2.45, 2.75) is 24.7 Å². The van der Waals surface area contributed by atoms with Gasteiger partial charge in [0, 0.05) is 38.6 Å². The average molecular weight is 340 g/mol. The smallest absolute Gasteiger partial charge is 0.233 e. The first kappa shape index (κ1) is 16.0. The zero-order valence-electron chi connectivity index (χ0n) is 14.1. The van der Waals surface area contributed by atoms with E-state index in [1.807, 2.05) is 4.90 Å². The Bertz CT molecular complexity index is 738. The van der Waals surface area contributed by atoms with Crippen molar-refractivity contribution in [2.75, 3.05) is 31.1 Å². The number of nitrogens with zero attached hydrogens (tertiary/aromatic N) is 4. The van der Waals surface area contributed by atoms with E-state index in [1.165, 1.54) is 12.1 Å². The molecule has 0 N–H and O–H groups in total. The molecule has 0 spiro atoms. The number of benzene rings is 1. The Labute approximate surface area is 146 Å². The lowest BCUT2D eigenvalue weighted by molar-refractivity contribution is -0.141. The van der Waals surface area contributed by atoms with Gasteiger partial charge in [-0.25, -0.2) is 14.4 Å². The third-order valence-corrected chi connectivity index (χ3v) is 5.42. The van der Waals surface area contributed by atoms with Gasteiger partial charge in [-0.3, -0.25) is 4.79 Å². The minimum absolute atomic E-state index is 0.180.